The molecule has 3 aromatic rings. The number of fused-ring (bicyclic) bond motifs is 1. The van der Waals surface area contributed by atoms with Crippen molar-refractivity contribution in [2.45, 2.75) is 37.7 Å². The summed E-state index contributed by atoms with van der Waals surface area (Å²) in [5, 5.41) is 3.58. The molecule has 2 heterocycles. The molecule has 1 aliphatic rings. The van der Waals surface area contributed by atoms with E-state index in [9.17, 15) is 13.2 Å². The number of anilines is 1. The third kappa shape index (κ3) is 5.12. The minimum atomic E-state index is -3.56. The number of amides is 1. The first-order chi connectivity index (χ1) is 14.9. The molecule has 1 aliphatic heterocycles. The highest BCUT2D eigenvalue weighted by molar-refractivity contribution is 7.89. The van der Waals surface area contributed by atoms with Crippen molar-refractivity contribution in [1.29, 1.82) is 0 Å². The van der Waals surface area contributed by atoms with E-state index < -0.39 is 10.0 Å². The summed E-state index contributed by atoms with van der Waals surface area (Å²) in [4.78, 5) is 17.1. The number of rotatable bonds is 7. The van der Waals surface area contributed by atoms with Crippen molar-refractivity contribution >= 4 is 43.2 Å². The summed E-state index contributed by atoms with van der Waals surface area (Å²) in [5.74, 6) is -0.336. The fraction of sp³-hybridized carbons (Fsp3) is 0.364. The Kier molecular flexibility index (Phi) is 6.66. The molecule has 0 aliphatic carbocycles. The van der Waals surface area contributed by atoms with E-state index in [1.54, 1.807) is 12.1 Å². The molecule has 4 rings (SSSR count). The Morgan fingerprint density at radius 2 is 1.94 bits per heavy atom. The van der Waals surface area contributed by atoms with Crippen LogP contribution in [0.1, 0.15) is 29.8 Å². The van der Waals surface area contributed by atoms with Gasteiger partial charge < -0.3 is 10.1 Å². The number of hydrogen-bond donors (Lipinski definition) is 1. The van der Waals surface area contributed by atoms with Gasteiger partial charge in [-0.2, -0.15) is 4.31 Å². The first kappa shape index (κ1) is 21.9. The van der Waals surface area contributed by atoms with Crippen molar-refractivity contribution in [3.8, 4) is 0 Å². The topological polar surface area (TPSA) is 88.6 Å². The molecule has 1 fully saturated rings. The van der Waals surface area contributed by atoms with E-state index in [4.69, 9.17) is 4.74 Å². The van der Waals surface area contributed by atoms with E-state index >= 15 is 0 Å². The molecular formula is C22H25N3O4S2. The quantitative estimate of drug-likeness (QED) is 0.578. The van der Waals surface area contributed by atoms with E-state index in [-0.39, 0.29) is 24.0 Å². The SMILES string of the molecule is Cc1ccc(S(=O)(=O)N2CCCCC2)cc1NC(=O)COCc1nc2ccccc2s1. The Balaban J connectivity index is 1.37. The first-order valence-corrected chi connectivity index (χ1v) is 12.5. The van der Waals surface area contributed by atoms with Crippen molar-refractivity contribution < 1.29 is 17.9 Å². The number of sulfonamides is 1. The second kappa shape index (κ2) is 9.44. The van der Waals surface area contributed by atoms with Crippen molar-refractivity contribution in [3.05, 3.63) is 53.0 Å². The van der Waals surface area contributed by atoms with Gasteiger partial charge >= 0.3 is 0 Å². The van der Waals surface area contributed by atoms with E-state index in [1.807, 2.05) is 31.2 Å². The van der Waals surface area contributed by atoms with Gasteiger partial charge in [0.1, 0.15) is 11.6 Å². The number of aryl methyl sites for hydroxylation is 1. The molecule has 31 heavy (non-hydrogen) atoms. The smallest absolute Gasteiger partial charge is 0.250 e. The highest BCUT2D eigenvalue weighted by atomic mass is 32.2. The molecule has 0 spiro atoms. The molecule has 0 saturated carbocycles. The van der Waals surface area contributed by atoms with Crippen LogP contribution >= 0.6 is 11.3 Å². The fourth-order valence-electron chi connectivity index (χ4n) is 3.55. The lowest BCUT2D eigenvalue weighted by Crippen LogP contribution is -2.35. The van der Waals surface area contributed by atoms with Crippen LogP contribution in [-0.4, -0.2) is 43.3 Å². The number of benzene rings is 2. The van der Waals surface area contributed by atoms with Crippen LogP contribution in [0, 0.1) is 6.92 Å². The van der Waals surface area contributed by atoms with Crippen molar-refractivity contribution in [1.82, 2.24) is 9.29 Å². The third-order valence-electron chi connectivity index (χ3n) is 5.23. The van der Waals surface area contributed by atoms with Gasteiger partial charge in [0.2, 0.25) is 15.9 Å². The molecule has 1 aromatic heterocycles. The van der Waals surface area contributed by atoms with Crippen LogP contribution in [0.3, 0.4) is 0 Å². The number of nitrogens with one attached hydrogen (secondary N) is 1. The van der Waals surface area contributed by atoms with Crippen LogP contribution < -0.4 is 5.32 Å². The molecule has 7 nitrogen and oxygen atoms in total. The molecule has 1 N–H and O–H groups in total. The van der Waals surface area contributed by atoms with Crippen molar-refractivity contribution in [2.24, 2.45) is 0 Å². The van der Waals surface area contributed by atoms with Gasteiger partial charge in [0.15, 0.2) is 0 Å². The maximum Gasteiger partial charge on any atom is 0.250 e. The molecular weight excluding hydrogens is 434 g/mol. The normalized spacial score (nSPS) is 15.3. The second-order valence-electron chi connectivity index (χ2n) is 7.56. The molecule has 164 valence electrons. The lowest BCUT2D eigenvalue weighted by atomic mass is 10.2. The zero-order valence-corrected chi connectivity index (χ0v) is 19.0. The third-order valence-corrected chi connectivity index (χ3v) is 8.14. The Morgan fingerprint density at radius 1 is 1.16 bits per heavy atom. The highest BCUT2D eigenvalue weighted by Gasteiger charge is 2.26. The minimum absolute atomic E-state index is 0.140. The summed E-state index contributed by atoms with van der Waals surface area (Å²) >= 11 is 1.53. The minimum Gasteiger partial charge on any atom is -0.364 e. The summed E-state index contributed by atoms with van der Waals surface area (Å²) in [5.41, 5.74) is 2.18. The number of aromatic nitrogens is 1. The number of ether oxygens (including phenoxy) is 1. The van der Waals surface area contributed by atoms with Gasteiger partial charge in [-0.1, -0.05) is 24.6 Å². The van der Waals surface area contributed by atoms with Crippen LogP contribution in [0.2, 0.25) is 0 Å². The molecule has 0 radical (unpaired) electrons. The molecule has 0 atom stereocenters. The molecule has 1 saturated heterocycles. The Bertz CT molecular complexity index is 1150. The van der Waals surface area contributed by atoms with Crippen molar-refractivity contribution in [2.75, 3.05) is 25.0 Å². The second-order valence-corrected chi connectivity index (χ2v) is 10.6. The monoisotopic (exact) mass is 459 g/mol. The number of carbonyl (C=O) groups excluding carboxylic acids is 1. The standard InChI is InChI=1S/C22H25N3O4S2/c1-16-9-10-17(31(27,28)25-11-5-2-6-12-25)13-19(16)23-21(26)14-29-15-22-24-18-7-3-4-8-20(18)30-22/h3-4,7-10,13H,2,5-6,11-12,14-15H2,1H3,(H,23,26). The van der Waals surface area contributed by atoms with Gasteiger partial charge in [-0.3, -0.25) is 4.79 Å². The number of piperidine rings is 1. The maximum atomic E-state index is 12.9. The van der Waals surface area contributed by atoms with E-state index in [2.05, 4.69) is 10.3 Å². The van der Waals surface area contributed by atoms with Crippen LogP contribution in [-0.2, 0) is 26.2 Å². The lowest BCUT2D eigenvalue weighted by Gasteiger charge is -2.26. The summed E-state index contributed by atoms with van der Waals surface area (Å²) < 4.78 is 34.0. The predicted octanol–water partition coefficient (Wildman–Crippen LogP) is 3.93. The van der Waals surface area contributed by atoms with Crippen LogP contribution in [0.4, 0.5) is 5.69 Å². The molecule has 0 bridgehead atoms. The average Bonchev–Trinajstić information content (AvgIpc) is 3.18. The van der Waals surface area contributed by atoms with E-state index in [0.717, 1.165) is 40.1 Å². The average molecular weight is 460 g/mol. The zero-order chi connectivity index (χ0) is 21.8. The molecule has 9 heteroatoms. The highest BCUT2D eigenvalue weighted by Crippen LogP contribution is 2.25. The fourth-order valence-corrected chi connectivity index (χ4v) is 6.00. The largest absolute Gasteiger partial charge is 0.364 e. The van der Waals surface area contributed by atoms with Gasteiger partial charge in [-0.25, -0.2) is 13.4 Å². The Labute approximate surface area is 186 Å². The van der Waals surface area contributed by atoms with Gasteiger partial charge in [0.05, 0.1) is 21.7 Å². The van der Waals surface area contributed by atoms with Gasteiger partial charge in [0.25, 0.3) is 0 Å². The van der Waals surface area contributed by atoms with Crippen LogP contribution in [0.25, 0.3) is 10.2 Å². The summed E-state index contributed by atoms with van der Waals surface area (Å²) in [7, 11) is -3.56. The van der Waals surface area contributed by atoms with Gasteiger partial charge in [-0.05, 0) is 49.6 Å². The first-order valence-electron chi connectivity index (χ1n) is 10.3. The maximum absolute atomic E-state index is 12.9. The number of hydrogen-bond acceptors (Lipinski definition) is 6. The van der Waals surface area contributed by atoms with Gasteiger partial charge in [-0.15, -0.1) is 11.3 Å². The number of carbonyl (C=O) groups is 1. The summed E-state index contributed by atoms with van der Waals surface area (Å²) in [6.07, 6.45) is 2.81. The van der Waals surface area contributed by atoms with E-state index in [0.29, 0.717) is 18.8 Å². The molecule has 0 unspecified atom stereocenters. The van der Waals surface area contributed by atoms with Crippen LogP contribution in [0.5, 0.6) is 0 Å². The van der Waals surface area contributed by atoms with Gasteiger partial charge in [0, 0.05) is 18.8 Å². The Hall–Kier alpha value is -2.33. The zero-order valence-electron chi connectivity index (χ0n) is 17.3. The van der Waals surface area contributed by atoms with Crippen molar-refractivity contribution in [3.63, 3.8) is 0 Å². The van der Waals surface area contributed by atoms with E-state index in [1.165, 1.54) is 21.7 Å². The summed E-state index contributed by atoms with van der Waals surface area (Å²) in [6.45, 7) is 3.01. The molecule has 1 amide bonds. The Morgan fingerprint density at radius 3 is 2.71 bits per heavy atom. The predicted molar refractivity (Wildman–Crippen MR) is 122 cm³/mol. The number of para-hydroxylation sites is 1. The lowest BCUT2D eigenvalue weighted by molar-refractivity contribution is -0.121. The summed E-state index contributed by atoms with van der Waals surface area (Å²) in [6, 6.07) is 12.7. The van der Waals surface area contributed by atoms with Crippen LogP contribution in [0.15, 0.2) is 47.4 Å². The number of thiazole rings is 1. The molecule has 2 aromatic carbocycles. The number of nitrogens with zero attached hydrogens (tertiary/aromatic N) is 2.